The van der Waals surface area contributed by atoms with E-state index < -0.39 is 5.97 Å². The van der Waals surface area contributed by atoms with Crippen molar-refractivity contribution in [3.63, 3.8) is 0 Å². The molecule has 6 nitrogen and oxygen atoms in total. The van der Waals surface area contributed by atoms with Crippen LogP contribution in [-0.4, -0.2) is 27.8 Å². The molecule has 0 aliphatic heterocycles. The summed E-state index contributed by atoms with van der Waals surface area (Å²) in [5.74, 6) is 2.34. The molecule has 4 aliphatic carbocycles. The zero-order chi connectivity index (χ0) is 22.0. The lowest BCUT2D eigenvalue weighted by molar-refractivity contribution is -0.0638. The van der Waals surface area contributed by atoms with Crippen molar-refractivity contribution in [1.82, 2.24) is 14.8 Å². The molecule has 166 valence electrons. The molecule has 0 amide bonds. The van der Waals surface area contributed by atoms with Gasteiger partial charge in [-0.15, -0.1) is 0 Å². The maximum Gasteiger partial charge on any atom is 0.340 e. The fourth-order valence-electron chi connectivity index (χ4n) is 7.44. The monoisotopic (exact) mass is 430 g/mol. The molecule has 32 heavy (non-hydrogen) atoms. The first kappa shape index (κ1) is 19.8. The molecule has 0 unspecified atom stereocenters. The Morgan fingerprint density at radius 2 is 1.81 bits per heavy atom. The lowest BCUT2D eigenvalue weighted by Gasteiger charge is -2.56. The number of hydrogen-bond donors (Lipinski definition) is 1. The zero-order valence-electron chi connectivity index (χ0n) is 18.8. The Kier molecular flexibility index (Phi) is 4.36. The summed E-state index contributed by atoms with van der Waals surface area (Å²) in [5.41, 5.74) is 11.0. The molecule has 2 N–H and O–H groups in total. The van der Waals surface area contributed by atoms with Crippen molar-refractivity contribution in [3.05, 3.63) is 41.9 Å². The van der Waals surface area contributed by atoms with Gasteiger partial charge >= 0.3 is 5.97 Å². The van der Waals surface area contributed by atoms with Gasteiger partial charge in [0.25, 0.3) is 0 Å². The number of esters is 1. The van der Waals surface area contributed by atoms with Crippen LogP contribution in [0.2, 0.25) is 0 Å². The van der Waals surface area contributed by atoms with Crippen LogP contribution in [0.5, 0.6) is 0 Å². The highest BCUT2D eigenvalue weighted by molar-refractivity contribution is 6.11. The molecular weight excluding hydrogens is 400 g/mol. The summed E-state index contributed by atoms with van der Waals surface area (Å²) in [6.45, 7) is 3.09. The quantitative estimate of drug-likeness (QED) is 0.590. The minimum Gasteiger partial charge on any atom is -0.465 e. The normalized spacial score (nSPS) is 28.4. The number of carbonyl (C=O) groups excluding carboxylic acids is 1. The minimum atomic E-state index is -0.406. The van der Waals surface area contributed by atoms with Crippen molar-refractivity contribution in [2.24, 2.45) is 23.2 Å². The summed E-state index contributed by atoms with van der Waals surface area (Å²) in [5, 5.41) is 5.57. The molecule has 2 heterocycles. The third kappa shape index (κ3) is 2.95. The van der Waals surface area contributed by atoms with Crippen LogP contribution < -0.4 is 5.73 Å². The second-order valence-corrected chi connectivity index (χ2v) is 10.5. The number of aromatic nitrogens is 3. The van der Waals surface area contributed by atoms with Crippen LogP contribution in [-0.2, 0) is 11.3 Å². The summed E-state index contributed by atoms with van der Waals surface area (Å²) in [6.07, 6.45) is 11.9. The summed E-state index contributed by atoms with van der Waals surface area (Å²) in [7, 11) is 1.40. The summed E-state index contributed by atoms with van der Waals surface area (Å²) in [6, 6.07) is 5.64. The van der Waals surface area contributed by atoms with Crippen LogP contribution in [0.25, 0.3) is 22.0 Å². The molecule has 0 saturated heterocycles. The first-order valence-corrected chi connectivity index (χ1v) is 11.7. The molecule has 4 fully saturated rings. The van der Waals surface area contributed by atoms with E-state index in [0.717, 1.165) is 46.5 Å². The molecule has 4 saturated carbocycles. The first-order chi connectivity index (χ1) is 15.5. The molecular formula is C26H30N4O2. The van der Waals surface area contributed by atoms with Crippen molar-refractivity contribution >= 4 is 22.6 Å². The van der Waals surface area contributed by atoms with Crippen LogP contribution >= 0.6 is 0 Å². The molecule has 7 rings (SSSR count). The zero-order valence-corrected chi connectivity index (χ0v) is 18.8. The van der Waals surface area contributed by atoms with E-state index in [0.29, 0.717) is 22.2 Å². The predicted octanol–water partition coefficient (Wildman–Crippen LogP) is 4.99. The van der Waals surface area contributed by atoms with Gasteiger partial charge in [0.2, 0.25) is 0 Å². The fourth-order valence-corrected chi connectivity index (χ4v) is 7.44. The maximum absolute atomic E-state index is 12.8. The van der Waals surface area contributed by atoms with Crippen LogP contribution in [0.3, 0.4) is 0 Å². The van der Waals surface area contributed by atoms with E-state index in [1.807, 2.05) is 18.3 Å². The number of fused-ring (bicyclic) bond motifs is 1. The number of nitrogens with zero attached hydrogens (tertiary/aromatic N) is 3. The summed E-state index contributed by atoms with van der Waals surface area (Å²) in [4.78, 5) is 17.3. The van der Waals surface area contributed by atoms with Gasteiger partial charge in [0.1, 0.15) is 0 Å². The standard InChI is InChI=1S/C26H30N4O2/c1-15-21(19-3-4-20-22(27)5-6-28-24(20)23(19)25(31)32-2)13-29-30(15)14-26-10-16-7-17(11-26)9-18(8-16)12-26/h3-6,13,16-18H,7-12,14H2,1-2H3,(H2,27,28). The molecule has 1 aromatic carbocycles. The van der Waals surface area contributed by atoms with Crippen LogP contribution in [0, 0.1) is 30.1 Å². The number of ether oxygens (including phenoxy) is 1. The molecule has 4 bridgehead atoms. The molecule has 3 aromatic rings. The van der Waals surface area contributed by atoms with Crippen LogP contribution in [0.1, 0.15) is 54.6 Å². The van der Waals surface area contributed by atoms with Crippen molar-refractivity contribution in [2.75, 3.05) is 12.8 Å². The number of pyridine rings is 1. The van der Waals surface area contributed by atoms with Gasteiger partial charge in [-0.3, -0.25) is 9.67 Å². The van der Waals surface area contributed by atoms with Gasteiger partial charge in [0.15, 0.2) is 0 Å². The molecule has 0 spiro atoms. The number of nitrogen functional groups attached to an aromatic ring is 1. The second kappa shape index (κ2) is 7.06. The van der Waals surface area contributed by atoms with Gasteiger partial charge < -0.3 is 10.5 Å². The Labute approximate surface area is 188 Å². The Hall–Kier alpha value is -2.89. The number of carbonyl (C=O) groups is 1. The summed E-state index contributed by atoms with van der Waals surface area (Å²) >= 11 is 0. The van der Waals surface area contributed by atoms with E-state index >= 15 is 0 Å². The van der Waals surface area contributed by atoms with Gasteiger partial charge in [0.05, 0.1) is 24.4 Å². The smallest absolute Gasteiger partial charge is 0.340 e. The van der Waals surface area contributed by atoms with Crippen LogP contribution in [0.4, 0.5) is 5.69 Å². The van der Waals surface area contributed by atoms with E-state index in [1.165, 1.54) is 45.6 Å². The van der Waals surface area contributed by atoms with Gasteiger partial charge in [0, 0.05) is 40.6 Å². The number of methoxy groups -OCH3 is 1. The van der Waals surface area contributed by atoms with Gasteiger partial charge in [-0.2, -0.15) is 5.10 Å². The Morgan fingerprint density at radius 3 is 2.47 bits per heavy atom. The van der Waals surface area contributed by atoms with Crippen molar-refractivity contribution in [3.8, 4) is 11.1 Å². The SMILES string of the molecule is COC(=O)c1c(-c2cnn(CC34CC5CC(CC(C5)C3)C4)c2C)ccc2c(N)ccnc12. The topological polar surface area (TPSA) is 83.0 Å². The Balaban J connectivity index is 1.41. The molecule has 0 radical (unpaired) electrons. The average molecular weight is 431 g/mol. The Morgan fingerprint density at radius 1 is 1.12 bits per heavy atom. The second-order valence-electron chi connectivity index (χ2n) is 10.5. The van der Waals surface area contributed by atoms with Gasteiger partial charge in [-0.05, 0) is 74.7 Å². The highest BCUT2D eigenvalue weighted by atomic mass is 16.5. The van der Waals surface area contributed by atoms with E-state index in [-0.39, 0.29) is 0 Å². The highest BCUT2D eigenvalue weighted by Gasteiger charge is 2.51. The van der Waals surface area contributed by atoms with Gasteiger partial charge in [-0.25, -0.2) is 4.79 Å². The molecule has 2 aromatic heterocycles. The number of hydrogen-bond acceptors (Lipinski definition) is 5. The third-order valence-electron chi connectivity index (χ3n) is 8.38. The van der Waals surface area contributed by atoms with Crippen molar-refractivity contribution in [1.29, 1.82) is 0 Å². The molecule has 0 atom stereocenters. The maximum atomic E-state index is 12.8. The van der Waals surface area contributed by atoms with E-state index in [1.54, 1.807) is 12.3 Å². The minimum absolute atomic E-state index is 0.396. The lowest BCUT2D eigenvalue weighted by atomic mass is 9.49. The predicted molar refractivity (Wildman–Crippen MR) is 124 cm³/mol. The summed E-state index contributed by atoms with van der Waals surface area (Å²) < 4.78 is 7.32. The largest absolute Gasteiger partial charge is 0.465 e. The molecule has 6 heteroatoms. The van der Waals surface area contributed by atoms with Crippen LogP contribution in [0.15, 0.2) is 30.6 Å². The fraction of sp³-hybridized carbons (Fsp3) is 0.500. The third-order valence-corrected chi connectivity index (χ3v) is 8.38. The number of benzene rings is 1. The van der Waals surface area contributed by atoms with E-state index in [4.69, 9.17) is 15.6 Å². The number of anilines is 1. The Bertz CT molecular complexity index is 1190. The number of nitrogens with two attached hydrogens (primary N) is 1. The van der Waals surface area contributed by atoms with E-state index in [9.17, 15) is 4.79 Å². The van der Waals surface area contributed by atoms with Crippen molar-refractivity contribution < 1.29 is 9.53 Å². The average Bonchev–Trinajstić information content (AvgIpc) is 3.11. The first-order valence-electron chi connectivity index (χ1n) is 11.7. The number of rotatable bonds is 4. The highest BCUT2D eigenvalue weighted by Crippen LogP contribution is 2.60. The van der Waals surface area contributed by atoms with E-state index in [2.05, 4.69) is 16.6 Å². The van der Waals surface area contributed by atoms with Gasteiger partial charge in [-0.1, -0.05) is 12.1 Å². The molecule has 4 aliphatic rings. The lowest BCUT2D eigenvalue weighted by Crippen LogP contribution is -2.48. The van der Waals surface area contributed by atoms with Crippen molar-refractivity contribution in [2.45, 2.75) is 52.0 Å².